The number of para-hydroxylation sites is 1. The second-order valence-electron chi connectivity index (χ2n) is 10.8. The Labute approximate surface area is 221 Å². The summed E-state index contributed by atoms with van der Waals surface area (Å²) < 4.78 is 0. The average Bonchev–Trinajstić information content (AvgIpc) is 2.81. The van der Waals surface area contributed by atoms with Gasteiger partial charge in [-0.3, -0.25) is 9.59 Å². The summed E-state index contributed by atoms with van der Waals surface area (Å²) in [5, 5.41) is 5.73. The monoisotopic (exact) mass is 523 g/mol. The van der Waals surface area contributed by atoms with Gasteiger partial charge in [0.1, 0.15) is 16.1 Å². The van der Waals surface area contributed by atoms with Gasteiger partial charge in [0.2, 0.25) is 0 Å². The zero-order valence-corrected chi connectivity index (χ0v) is 24.2. The van der Waals surface area contributed by atoms with Crippen molar-refractivity contribution in [3.05, 3.63) is 89.0 Å². The number of amides is 2. The normalized spacial score (nSPS) is 10.9. The molecular weight excluding hydrogens is 491 g/mol. The van der Waals surface area contributed by atoms with Crippen LogP contribution >= 0.6 is 0 Å². The first kappa shape index (κ1) is 27.5. The molecule has 37 heavy (non-hydrogen) atoms. The van der Waals surface area contributed by atoms with E-state index in [-0.39, 0.29) is 16.8 Å². The number of nitrogens with two attached hydrogens (primary N) is 1. The van der Waals surface area contributed by atoms with E-state index in [0.29, 0.717) is 11.4 Å². The molecule has 5 nitrogen and oxygen atoms in total. The van der Waals surface area contributed by atoms with Crippen LogP contribution in [0.4, 0.5) is 17.1 Å². The van der Waals surface area contributed by atoms with Gasteiger partial charge in [0.15, 0.2) is 0 Å². The standard InChI is InChI=1S/C30H33N3O2Si2/c1-36(2,3)18-16-22-10-7-12-24(20-22)32-29(34)26-14-9-15-27(28(26)31)30(35)33-25-13-8-11-23(21-25)17-19-37(4,5)6/h7-15,20-21H,31H2,1-6H3,(H,32,34)(H,33,35). The van der Waals surface area contributed by atoms with E-state index in [2.05, 4.69) is 72.8 Å². The fourth-order valence-corrected chi connectivity index (χ4v) is 4.27. The van der Waals surface area contributed by atoms with Gasteiger partial charge in [0, 0.05) is 22.5 Å². The van der Waals surface area contributed by atoms with Crippen molar-refractivity contribution in [3.63, 3.8) is 0 Å². The van der Waals surface area contributed by atoms with Gasteiger partial charge in [0.05, 0.1) is 16.8 Å². The van der Waals surface area contributed by atoms with Gasteiger partial charge >= 0.3 is 0 Å². The molecule has 0 saturated heterocycles. The highest BCUT2D eigenvalue weighted by Gasteiger charge is 2.18. The third-order valence-corrected chi connectivity index (χ3v) is 6.75. The van der Waals surface area contributed by atoms with Crippen molar-refractivity contribution in [1.82, 2.24) is 0 Å². The number of carbonyl (C=O) groups is 2. The Morgan fingerprint density at radius 1 is 0.649 bits per heavy atom. The molecule has 188 valence electrons. The van der Waals surface area contributed by atoms with Crippen molar-refractivity contribution >= 4 is 45.0 Å². The molecule has 0 fully saturated rings. The summed E-state index contributed by atoms with van der Waals surface area (Å²) in [6, 6.07) is 19.6. The molecule has 0 atom stereocenters. The Morgan fingerprint density at radius 2 is 1.03 bits per heavy atom. The van der Waals surface area contributed by atoms with E-state index in [1.165, 1.54) is 0 Å². The molecule has 0 aliphatic carbocycles. The number of benzene rings is 3. The highest BCUT2D eigenvalue weighted by Crippen LogP contribution is 2.22. The summed E-state index contributed by atoms with van der Waals surface area (Å²) in [5.74, 6) is 5.59. The molecule has 3 aromatic carbocycles. The molecule has 0 unspecified atom stereocenters. The van der Waals surface area contributed by atoms with Gasteiger partial charge in [-0.05, 0) is 48.5 Å². The molecule has 3 aromatic rings. The molecule has 0 aliphatic rings. The van der Waals surface area contributed by atoms with Gasteiger partial charge in [-0.25, -0.2) is 0 Å². The van der Waals surface area contributed by atoms with Crippen molar-refractivity contribution in [1.29, 1.82) is 0 Å². The van der Waals surface area contributed by atoms with E-state index in [9.17, 15) is 9.59 Å². The van der Waals surface area contributed by atoms with Crippen LogP contribution in [0.2, 0.25) is 39.3 Å². The van der Waals surface area contributed by atoms with E-state index in [1.54, 1.807) is 30.3 Å². The van der Waals surface area contributed by atoms with Gasteiger partial charge in [0.25, 0.3) is 11.8 Å². The second kappa shape index (κ2) is 11.3. The van der Waals surface area contributed by atoms with Crippen LogP contribution in [0, 0.1) is 22.9 Å². The maximum Gasteiger partial charge on any atom is 0.257 e. The smallest absolute Gasteiger partial charge is 0.257 e. The fourth-order valence-electron chi connectivity index (χ4n) is 3.23. The largest absolute Gasteiger partial charge is 0.397 e. The van der Waals surface area contributed by atoms with Gasteiger partial charge in [-0.15, -0.1) is 11.1 Å². The van der Waals surface area contributed by atoms with E-state index in [0.717, 1.165) is 11.1 Å². The van der Waals surface area contributed by atoms with Crippen molar-refractivity contribution < 1.29 is 9.59 Å². The summed E-state index contributed by atoms with van der Waals surface area (Å²) in [6.07, 6.45) is 0. The Balaban J connectivity index is 1.78. The van der Waals surface area contributed by atoms with E-state index >= 15 is 0 Å². The van der Waals surface area contributed by atoms with Crippen LogP contribution in [0.15, 0.2) is 66.7 Å². The first-order valence-corrected chi connectivity index (χ1v) is 19.1. The Kier molecular flexibility index (Phi) is 8.44. The first-order chi connectivity index (χ1) is 17.3. The van der Waals surface area contributed by atoms with Crippen LogP contribution in [-0.2, 0) is 0 Å². The number of hydrogen-bond acceptors (Lipinski definition) is 3. The van der Waals surface area contributed by atoms with Crippen molar-refractivity contribution in [2.75, 3.05) is 16.4 Å². The molecule has 7 heteroatoms. The summed E-state index contributed by atoms with van der Waals surface area (Å²) in [5.41, 5.74) is 16.4. The van der Waals surface area contributed by atoms with Crippen LogP contribution in [-0.4, -0.2) is 28.0 Å². The number of anilines is 3. The molecule has 0 bridgehead atoms. The van der Waals surface area contributed by atoms with Crippen LogP contribution < -0.4 is 16.4 Å². The zero-order chi connectivity index (χ0) is 27.2. The molecule has 4 N–H and O–H groups in total. The topological polar surface area (TPSA) is 84.2 Å². The third-order valence-electron chi connectivity index (χ3n) is 5.00. The fraction of sp³-hybridized carbons (Fsp3) is 0.200. The van der Waals surface area contributed by atoms with Crippen LogP contribution in [0.1, 0.15) is 31.8 Å². The lowest BCUT2D eigenvalue weighted by atomic mass is 10.1. The quantitative estimate of drug-likeness (QED) is 0.215. The van der Waals surface area contributed by atoms with E-state index < -0.39 is 28.0 Å². The van der Waals surface area contributed by atoms with Crippen molar-refractivity contribution in [2.45, 2.75) is 39.3 Å². The Morgan fingerprint density at radius 3 is 1.41 bits per heavy atom. The summed E-state index contributed by atoms with van der Waals surface area (Å²) in [7, 11) is -3.04. The van der Waals surface area contributed by atoms with Crippen LogP contribution in [0.5, 0.6) is 0 Å². The number of nitrogens with one attached hydrogen (secondary N) is 2. The lowest BCUT2D eigenvalue weighted by Gasteiger charge is -2.12. The van der Waals surface area contributed by atoms with Gasteiger partial charge < -0.3 is 16.4 Å². The van der Waals surface area contributed by atoms with Crippen molar-refractivity contribution in [2.24, 2.45) is 0 Å². The lowest BCUT2D eigenvalue weighted by Crippen LogP contribution is -2.19. The minimum Gasteiger partial charge on any atom is -0.397 e. The molecular formula is C30H33N3O2Si2. The zero-order valence-electron chi connectivity index (χ0n) is 22.2. The summed E-state index contributed by atoms with van der Waals surface area (Å²) >= 11 is 0. The number of nitrogen functional groups attached to an aromatic ring is 1. The Hall–Kier alpha value is -4.05. The second-order valence-corrected chi connectivity index (χ2v) is 20.3. The molecule has 3 rings (SSSR count). The molecule has 2 amide bonds. The summed E-state index contributed by atoms with van der Waals surface area (Å²) in [6.45, 7) is 13.1. The molecule has 0 spiro atoms. The van der Waals surface area contributed by atoms with Crippen molar-refractivity contribution in [3.8, 4) is 22.9 Å². The Bertz CT molecular complexity index is 1350. The van der Waals surface area contributed by atoms with Gasteiger partial charge in [-0.1, -0.05) is 69.3 Å². The highest BCUT2D eigenvalue weighted by molar-refractivity contribution is 6.84. The van der Waals surface area contributed by atoms with E-state index in [1.807, 2.05) is 36.4 Å². The minimum absolute atomic E-state index is 0.113. The predicted molar refractivity (Wildman–Crippen MR) is 160 cm³/mol. The molecule has 0 aliphatic heterocycles. The van der Waals surface area contributed by atoms with Gasteiger partial charge in [-0.2, -0.15) is 0 Å². The first-order valence-electron chi connectivity index (χ1n) is 12.1. The summed E-state index contributed by atoms with van der Waals surface area (Å²) in [4.78, 5) is 26.1. The number of rotatable bonds is 4. The average molecular weight is 524 g/mol. The predicted octanol–water partition coefficient (Wildman–Crippen LogP) is 6.23. The number of carbonyl (C=O) groups excluding carboxylic acids is 2. The molecule has 0 aromatic heterocycles. The molecule has 0 saturated carbocycles. The third kappa shape index (κ3) is 8.54. The minimum atomic E-state index is -1.52. The lowest BCUT2D eigenvalue weighted by molar-refractivity contribution is 0.102. The van der Waals surface area contributed by atoms with Crippen LogP contribution in [0.25, 0.3) is 0 Å². The SMILES string of the molecule is C[Si](C)(C)C#Cc1cccc(NC(=O)c2cccc(C(=O)Nc3cccc(C#C[Si](C)(C)C)c3)c2N)c1. The maximum atomic E-state index is 13.0. The molecule has 0 radical (unpaired) electrons. The maximum absolute atomic E-state index is 13.0. The molecule has 0 heterocycles. The van der Waals surface area contributed by atoms with Crippen LogP contribution in [0.3, 0.4) is 0 Å². The van der Waals surface area contributed by atoms with E-state index in [4.69, 9.17) is 5.73 Å². The number of hydrogen-bond donors (Lipinski definition) is 3. The highest BCUT2D eigenvalue weighted by atomic mass is 28.3.